The van der Waals surface area contributed by atoms with Crippen molar-refractivity contribution in [1.82, 2.24) is 0 Å². The van der Waals surface area contributed by atoms with E-state index in [1.165, 1.54) is 36.4 Å². The molecule has 0 aromatic heterocycles. The maximum atomic E-state index is 12.6. The highest BCUT2D eigenvalue weighted by atomic mass is 32.2. The molecule has 0 radical (unpaired) electrons. The van der Waals surface area contributed by atoms with E-state index in [1.54, 1.807) is 0 Å². The van der Waals surface area contributed by atoms with Crippen LogP contribution in [0.5, 0.6) is 5.75 Å². The molecule has 2 aromatic rings. The molecule has 25 heavy (non-hydrogen) atoms. The molecular formula is C16H14F3NO4S. The molecule has 5 nitrogen and oxygen atoms in total. The highest BCUT2D eigenvalue weighted by Crippen LogP contribution is 2.31. The molecule has 134 valence electrons. The molecule has 0 saturated carbocycles. The van der Waals surface area contributed by atoms with E-state index in [-0.39, 0.29) is 16.3 Å². The van der Waals surface area contributed by atoms with E-state index < -0.39 is 34.1 Å². The molecule has 1 N–H and O–H groups in total. The predicted octanol–water partition coefficient (Wildman–Crippen LogP) is 3.13. The number of rotatable bonds is 5. The van der Waals surface area contributed by atoms with Gasteiger partial charge in [-0.25, -0.2) is 8.42 Å². The predicted molar refractivity (Wildman–Crippen MR) is 85.1 cm³/mol. The minimum absolute atomic E-state index is 0.0316. The van der Waals surface area contributed by atoms with E-state index in [9.17, 15) is 26.4 Å². The Labute approximate surface area is 142 Å². The molecular weight excluding hydrogens is 359 g/mol. The third-order valence-corrected chi connectivity index (χ3v) is 4.19. The van der Waals surface area contributed by atoms with Crippen molar-refractivity contribution >= 4 is 21.4 Å². The Kier molecular flexibility index (Phi) is 5.36. The molecule has 0 aliphatic carbocycles. The number of nitrogens with one attached hydrogen (secondary N) is 1. The van der Waals surface area contributed by atoms with Gasteiger partial charge in [-0.15, -0.1) is 0 Å². The van der Waals surface area contributed by atoms with Crippen LogP contribution in [0.4, 0.5) is 18.9 Å². The first-order valence-corrected chi connectivity index (χ1v) is 8.85. The minimum atomic E-state index is -4.51. The Hall–Kier alpha value is -2.55. The summed E-state index contributed by atoms with van der Waals surface area (Å²) >= 11 is 0. The molecule has 1 amide bonds. The Balaban J connectivity index is 2.00. The van der Waals surface area contributed by atoms with Gasteiger partial charge >= 0.3 is 6.18 Å². The summed E-state index contributed by atoms with van der Waals surface area (Å²) in [5.74, 6) is -0.738. The molecule has 0 bridgehead atoms. The van der Waals surface area contributed by atoms with Crippen LogP contribution >= 0.6 is 0 Å². The van der Waals surface area contributed by atoms with Crippen molar-refractivity contribution in [3.8, 4) is 5.75 Å². The topological polar surface area (TPSA) is 72.5 Å². The lowest BCUT2D eigenvalue weighted by atomic mass is 10.2. The van der Waals surface area contributed by atoms with Crippen molar-refractivity contribution in [3.63, 3.8) is 0 Å². The lowest BCUT2D eigenvalue weighted by Gasteiger charge is -2.11. The van der Waals surface area contributed by atoms with E-state index in [2.05, 4.69) is 5.32 Å². The second-order valence-corrected chi connectivity index (χ2v) is 7.18. The fourth-order valence-corrected chi connectivity index (χ4v) is 2.58. The first-order valence-electron chi connectivity index (χ1n) is 6.96. The van der Waals surface area contributed by atoms with Crippen molar-refractivity contribution in [3.05, 3.63) is 54.1 Å². The number of ether oxygens (including phenoxy) is 1. The summed E-state index contributed by atoms with van der Waals surface area (Å²) in [7, 11) is -3.42. The summed E-state index contributed by atoms with van der Waals surface area (Å²) in [4.78, 5) is 11.9. The molecule has 0 atom stereocenters. The molecule has 0 heterocycles. The fraction of sp³-hybridized carbons (Fsp3) is 0.188. The molecule has 0 fully saturated rings. The fourth-order valence-electron chi connectivity index (χ4n) is 1.91. The maximum Gasteiger partial charge on any atom is 0.416 e. The zero-order valence-corrected chi connectivity index (χ0v) is 13.8. The van der Waals surface area contributed by atoms with Crippen LogP contribution in [0.15, 0.2) is 53.4 Å². The number of hydrogen-bond donors (Lipinski definition) is 1. The highest BCUT2D eigenvalue weighted by molar-refractivity contribution is 7.90. The Bertz CT molecular complexity index is 879. The quantitative estimate of drug-likeness (QED) is 0.874. The number of carbonyl (C=O) groups excluding carboxylic acids is 1. The van der Waals surface area contributed by atoms with Crippen LogP contribution in [0, 0.1) is 0 Å². The van der Waals surface area contributed by atoms with Gasteiger partial charge in [0, 0.05) is 11.9 Å². The van der Waals surface area contributed by atoms with Crippen LogP contribution in [0.1, 0.15) is 5.56 Å². The smallest absolute Gasteiger partial charge is 0.416 e. The average molecular weight is 373 g/mol. The van der Waals surface area contributed by atoms with Gasteiger partial charge < -0.3 is 10.1 Å². The summed E-state index contributed by atoms with van der Waals surface area (Å²) in [6, 6.07) is 9.75. The summed E-state index contributed by atoms with van der Waals surface area (Å²) in [6.45, 7) is -0.523. The van der Waals surface area contributed by atoms with Gasteiger partial charge in [0.2, 0.25) is 0 Å². The van der Waals surface area contributed by atoms with Gasteiger partial charge in [-0.1, -0.05) is 12.1 Å². The van der Waals surface area contributed by atoms with Gasteiger partial charge in [0.1, 0.15) is 5.75 Å². The SMILES string of the molecule is CS(=O)(=O)c1cccc(NC(=O)COc2cccc(C(F)(F)F)c2)c1. The number of benzene rings is 2. The summed E-state index contributed by atoms with van der Waals surface area (Å²) in [6.07, 6.45) is -3.47. The highest BCUT2D eigenvalue weighted by Gasteiger charge is 2.30. The van der Waals surface area contributed by atoms with E-state index in [4.69, 9.17) is 4.74 Å². The van der Waals surface area contributed by atoms with Crippen molar-refractivity contribution in [2.24, 2.45) is 0 Å². The molecule has 2 rings (SSSR count). The Morgan fingerprint density at radius 1 is 1.12 bits per heavy atom. The number of halogens is 3. The van der Waals surface area contributed by atoms with Gasteiger partial charge in [0.25, 0.3) is 5.91 Å². The number of amides is 1. The van der Waals surface area contributed by atoms with Crippen LogP contribution < -0.4 is 10.1 Å². The maximum absolute atomic E-state index is 12.6. The number of carbonyl (C=O) groups is 1. The third-order valence-electron chi connectivity index (χ3n) is 3.08. The van der Waals surface area contributed by atoms with Crippen molar-refractivity contribution < 1.29 is 31.1 Å². The number of sulfone groups is 1. The van der Waals surface area contributed by atoms with E-state index in [0.29, 0.717) is 0 Å². The second kappa shape index (κ2) is 7.14. The monoisotopic (exact) mass is 373 g/mol. The summed E-state index contributed by atoms with van der Waals surface area (Å²) in [5.41, 5.74) is -0.646. The van der Waals surface area contributed by atoms with Gasteiger partial charge in [-0.3, -0.25) is 4.79 Å². The number of hydrogen-bond acceptors (Lipinski definition) is 4. The van der Waals surface area contributed by atoms with Gasteiger partial charge in [0.05, 0.1) is 10.5 Å². The molecule has 0 aliphatic heterocycles. The van der Waals surface area contributed by atoms with Crippen molar-refractivity contribution in [2.45, 2.75) is 11.1 Å². The lowest BCUT2D eigenvalue weighted by molar-refractivity contribution is -0.137. The zero-order valence-electron chi connectivity index (χ0n) is 13.0. The van der Waals surface area contributed by atoms with Crippen LogP contribution in [-0.2, 0) is 20.8 Å². The molecule has 2 aromatic carbocycles. The van der Waals surface area contributed by atoms with Gasteiger partial charge in [-0.05, 0) is 36.4 Å². The van der Waals surface area contributed by atoms with Crippen LogP contribution in [0.2, 0.25) is 0 Å². The summed E-state index contributed by atoms with van der Waals surface area (Å²) in [5, 5.41) is 2.42. The standard InChI is InChI=1S/C16H14F3NO4S/c1-25(22,23)14-7-3-5-12(9-14)20-15(21)10-24-13-6-2-4-11(8-13)16(17,18)19/h2-9H,10H2,1H3,(H,20,21). The van der Waals surface area contributed by atoms with Crippen molar-refractivity contribution in [1.29, 1.82) is 0 Å². The first kappa shape index (κ1) is 18.8. The van der Waals surface area contributed by atoms with Crippen LogP contribution in [-0.4, -0.2) is 27.2 Å². The molecule has 9 heteroatoms. The van der Waals surface area contributed by atoms with Crippen molar-refractivity contribution in [2.75, 3.05) is 18.2 Å². The van der Waals surface area contributed by atoms with E-state index in [0.717, 1.165) is 18.4 Å². The number of alkyl halides is 3. The third kappa shape index (κ3) is 5.49. The molecule has 0 saturated heterocycles. The van der Waals surface area contributed by atoms with E-state index in [1.807, 2.05) is 0 Å². The normalized spacial score (nSPS) is 11.8. The second-order valence-electron chi connectivity index (χ2n) is 5.16. The molecule has 0 spiro atoms. The van der Waals surface area contributed by atoms with Gasteiger partial charge in [-0.2, -0.15) is 13.2 Å². The first-order chi connectivity index (χ1) is 11.6. The molecule has 0 unspecified atom stereocenters. The van der Waals surface area contributed by atoms with Crippen LogP contribution in [0.25, 0.3) is 0 Å². The average Bonchev–Trinajstić information content (AvgIpc) is 2.52. The van der Waals surface area contributed by atoms with E-state index >= 15 is 0 Å². The largest absolute Gasteiger partial charge is 0.484 e. The van der Waals surface area contributed by atoms with Crippen LogP contribution in [0.3, 0.4) is 0 Å². The zero-order chi connectivity index (χ0) is 18.7. The minimum Gasteiger partial charge on any atom is -0.484 e. The Morgan fingerprint density at radius 2 is 1.80 bits per heavy atom. The summed E-state index contributed by atoms with van der Waals surface area (Å²) < 4.78 is 65.8. The lowest BCUT2D eigenvalue weighted by Crippen LogP contribution is -2.20. The Morgan fingerprint density at radius 3 is 2.44 bits per heavy atom. The van der Waals surface area contributed by atoms with Gasteiger partial charge in [0.15, 0.2) is 16.4 Å². The number of anilines is 1. The molecule has 0 aliphatic rings.